The Bertz CT molecular complexity index is 699. The van der Waals surface area contributed by atoms with Crippen LogP contribution >= 0.6 is 0 Å². The van der Waals surface area contributed by atoms with Crippen LogP contribution in [0.4, 0.5) is 4.79 Å². The van der Waals surface area contributed by atoms with Crippen LogP contribution in [0, 0.1) is 6.92 Å². The van der Waals surface area contributed by atoms with Gasteiger partial charge in [-0.25, -0.2) is 9.78 Å². The van der Waals surface area contributed by atoms with Gasteiger partial charge in [-0.1, -0.05) is 6.92 Å². The minimum atomic E-state index is -0.819. The molecular weight excluding hydrogens is 314 g/mol. The van der Waals surface area contributed by atoms with Crippen molar-refractivity contribution in [2.75, 3.05) is 13.1 Å². The molecule has 4 amide bonds. The lowest BCUT2D eigenvalue weighted by molar-refractivity contribution is -0.130. The van der Waals surface area contributed by atoms with Gasteiger partial charge in [0.05, 0.1) is 6.42 Å². The summed E-state index contributed by atoms with van der Waals surface area (Å²) in [6, 6.07) is 0.112. The number of H-pyrrole nitrogens is 1. The summed E-state index contributed by atoms with van der Waals surface area (Å²) in [6.07, 6.45) is 0.928. The Hall–Kier alpha value is -2.71. The van der Waals surface area contributed by atoms with Crippen molar-refractivity contribution < 1.29 is 14.4 Å². The number of aryl methyl sites for hydroxylation is 1. The molecular formula is C15H21N5O4. The summed E-state index contributed by atoms with van der Waals surface area (Å²) < 4.78 is 0. The molecule has 0 bridgehead atoms. The summed E-state index contributed by atoms with van der Waals surface area (Å²) in [6.45, 7) is 4.20. The number of amides is 4. The van der Waals surface area contributed by atoms with E-state index in [2.05, 4.69) is 20.6 Å². The molecule has 1 fully saturated rings. The highest BCUT2D eigenvalue weighted by atomic mass is 16.2. The lowest BCUT2D eigenvalue weighted by Crippen LogP contribution is -2.37. The van der Waals surface area contributed by atoms with Crippen LogP contribution in [0.1, 0.15) is 31.3 Å². The van der Waals surface area contributed by atoms with E-state index in [9.17, 15) is 19.2 Å². The van der Waals surface area contributed by atoms with E-state index in [1.54, 1.807) is 6.92 Å². The van der Waals surface area contributed by atoms with Crippen molar-refractivity contribution in [1.82, 2.24) is 25.5 Å². The Balaban J connectivity index is 1.80. The molecule has 2 heterocycles. The summed E-state index contributed by atoms with van der Waals surface area (Å²) in [5.74, 6) is -0.233. The number of imide groups is 1. The van der Waals surface area contributed by atoms with Gasteiger partial charge in [-0.15, -0.1) is 0 Å². The number of urea groups is 1. The van der Waals surface area contributed by atoms with Gasteiger partial charge in [-0.2, -0.15) is 0 Å². The number of hydrogen-bond donors (Lipinski definition) is 3. The van der Waals surface area contributed by atoms with Gasteiger partial charge in [0.25, 0.3) is 11.5 Å². The number of carbonyl (C=O) groups excluding carboxylic acids is 3. The lowest BCUT2D eigenvalue weighted by Gasteiger charge is -2.11. The van der Waals surface area contributed by atoms with Crippen LogP contribution in [0.5, 0.6) is 0 Å². The number of hydrogen-bond acceptors (Lipinski definition) is 5. The summed E-state index contributed by atoms with van der Waals surface area (Å²) >= 11 is 0. The van der Waals surface area contributed by atoms with E-state index in [0.717, 1.165) is 4.90 Å². The van der Waals surface area contributed by atoms with Gasteiger partial charge in [0.15, 0.2) is 0 Å². The minimum absolute atomic E-state index is 0.109. The predicted octanol–water partition coefficient (Wildman–Crippen LogP) is -0.542. The van der Waals surface area contributed by atoms with Crippen molar-refractivity contribution in [3.05, 3.63) is 27.9 Å². The zero-order valence-electron chi connectivity index (χ0n) is 13.7. The van der Waals surface area contributed by atoms with Gasteiger partial charge in [-0.05, 0) is 13.3 Å². The van der Waals surface area contributed by atoms with Crippen LogP contribution in [0.2, 0.25) is 0 Å². The molecule has 1 atom stereocenters. The first kappa shape index (κ1) is 17.6. The van der Waals surface area contributed by atoms with Crippen LogP contribution in [0.15, 0.2) is 10.9 Å². The number of aromatic nitrogens is 2. The number of nitrogens with one attached hydrogen (secondary N) is 3. The second-order valence-electron chi connectivity index (χ2n) is 5.63. The molecule has 130 valence electrons. The molecule has 1 aliphatic heterocycles. The quantitative estimate of drug-likeness (QED) is 0.577. The Morgan fingerprint density at radius 2 is 2.12 bits per heavy atom. The molecule has 24 heavy (non-hydrogen) atoms. The fourth-order valence-corrected chi connectivity index (χ4v) is 2.49. The zero-order chi connectivity index (χ0) is 17.7. The Kier molecular flexibility index (Phi) is 5.67. The summed E-state index contributed by atoms with van der Waals surface area (Å²) in [4.78, 5) is 54.8. The molecule has 2 rings (SSSR count). The van der Waals surface area contributed by atoms with Gasteiger partial charge in [-0.3, -0.25) is 19.3 Å². The van der Waals surface area contributed by atoms with Crippen molar-refractivity contribution in [3.8, 4) is 0 Å². The van der Waals surface area contributed by atoms with E-state index < -0.39 is 12.1 Å². The third-order valence-electron chi connectivity index (χ3n) is 3.55. The summed E-state index contributed by atoms with van der Waals surface area (Å²) in [5, 5.41) is 5.17. The van der Waals surface area contributed by atoms with Crippen LogP contribution in [0.25, 0.3) is 0 Å². The van der Waals surface area contributed by atoms with E-state index in [1.165, 1.54) is 6.07 Å². The fraction of sp³-hybridized carbons (Fsp3) is 0.533. The predicted molar refractivity (Wildman–Crippen MR) is 85.2 cm³/mol. The smallest absolute Gasteiger partial charge is 0.324 e. The van der Waals surface area contributed by atoms with Gasteiger partial charge in [0.1, 0.15) is 11.9 Å². The van der Waals surface area contributed by atoms with Gasteiger partial charge in [0, 0.05) is 31.3 Å². The monoisotopic (exact) mass is 335 g/mol. The van der Waals surface area contributed by atoms with Crippen molar-refractivity contribution >= 4 is 17.8 Å². The fourth-order valence-electron chi connectivity index (χ4n) is 2.49. The zero-order valence-corrected chi connectivity index (χ0v) is 13.7. The van der Waals surface area contributed by atoms with Crippen LogP contribution in [-0.4, -0.2) is 51.8 Å². The lowest BCUT2D eigenvalue weighted by atomic mass is 10.2. The molecule has 0 aromatic carbocycles. The van der Waals surface area contributed by atoms with Crippen molar-refractivity contribution in [2.24, 2.45) is 0 Å². The van der Waals surface area contributed by atoms with Gasteiger partial charge < -0.3 is 15.6 Å². The van der Waals surface area contributed by atoms with E-state index in [4.69, 9.17) is 0 Å². The molecule has 0 saturated carbocycles. The third-order valence-corrected chi connectivity index (χ3v) is 3.55. The molecule has 0 unspecified atom stereocenters. The molecule has 9 nitrogen and oxygen atoms in total. The van der Waals surface area contributed by atoms with E-state index in [-0.39, 0.29) is 30.3 Å². The molecule has 3 N–H and O–H groups in total. The van der Waals surface area contributed by atoms with Crippen LogP contribution < -0.4 is 16.2 Å². The standard InChI is InChI=1S/C15H21N5O4/c1-3-6-20-14(23)10(18-15(20)24)8-12(21)16-5-4-11-17-9(2)7-13(22)19-11/h7,10H,3-6,8H2,1-2H3,(H,16,21)(H,18,24)(H,17,19,22)/t10-/m1/s1. The third kappa shape index (κ3) is 4.40. The van der Waals surface area contributed by atoms with Crippen molar-refractivity contribution in [2.45, 2.75) is 39.2 Å². The molecule has 1 aromatic heterocycles. The normalized spacial score (nSPS) is 17.1. The minimum Gasteiger partial charge on any atom is -0.356 e. The Labute approximate surface area is 138 Å². The molecule has 1 aliphatic rings. The highest BCUT2D eigenvalue weighted by molar-refractivity contribution is 6.05. The number of nitrogens with zero attached hydrogens (tertiary/aromatic N) is 2. The SMILES string of the molecule is CCCN1C(=O)N[C@H](CC(=O)NCCc2nc(C)cc(=O)[nH]2)C1=O. The van der Waals surface area contributed by atoms with Crippen LogP contribution in [-0.2, 0) is 16.0 Å². The summed E-state index contributed by atoms with van der Waals surface area (Å²) in [7, 11) is 0. The number of aromatic amines is 1. The maximum absolute atomic E-state index is 12.0. The first-order valence-electron chi connectivity index (χ1n) is 7.86. The average molecular weight is 335 g/mol. The maximum Gasteiger partial charge on any atom is 0.324 e. The van der Waals surface area contributed by atoms with E-state index in [1.807, 2.05) is 6.92 Å². The largest absolute Gasteiger partial charge is 0.356 e. The molecule has 1 aromatic rings. The number of rotatable bonds is 7. The topological polar surface area (TPSA) is 124 Å². The first-order valence-corrected chi connectivity index (χ1v) is 7.86. The molecule has 1 saturated heterocycles. The van der Waals surface area contributed by atoms with E-state index in [0.29, 0.717) is 30.9 Å². The molecule has 0 spiro atoms. The van der Waals surface area contributed by atoms with Gasteiger partial charge >= 0.3 is 6.03 Å². The molecule has 0 aliphatic carbocycles. The van der Waals surface area contributed by atoms with Crippen molar-refractivity contribution in [1.29, 1.82) is 0 Å². The molecule has 9 heteroatoms. The molecule has 0 radical (unpaired) electrons. The highest BCUT2D eigenvalue weighted by Gasteiger charge is 2.38. The van der Waals surface area contributed by atoms with E-state index >= 15 is 0 Å². The number of carbonyl (C=O) groups is 3. The maximum atomic E-state index is 12.0. The van der Waals surface area contributed by atoms with Crippen LogP contribution in [0.3, 0.4) is 0 Å². The highest BCUT2D eigenvalue weighted by Crippen LogP contribution is 2.09. The Morgan fingerprint density at radius 1 is 1.38 bits per heavy atom. The second kappa shape index (κ2) is 7.71. The summed E-state index contributed by atoms with van der Waals surface area (Å²) in [5.41, 5.74) is 0.370. The van der Waals surface area contributed by atoms with Crippen molar-refractivity contribution in [3.63, 3.8) is 0 Å². The Morgan fingerprint density at radius 3 is 2.79 bits per heavy atom. The second-order valence-corrected chi connectivity index (χ2v) is 5.63. The average Bonchev–Trinajstić information content (AvgIpc) is 2.74. The first-order chi connectivity index (χ1) is 11.4. The van der Waals surface area contributed by atoms with Gasteiger partial charge in [0.2, 0.25) is 5.91 Å².